The Morgan fingerprint density at radius 2 is 2.00 bits per heavy atom. The third-order valence-corrected chi connectivity index (χ3v) is 2.06. The number of allylic oxidation sites excluding steroid dienone is 1. The number of rotatable bonds is 4. The van der Waals surface area contributed by atoms with Gasteiger partial charge < -0.3 is 4.74 Å². The molecule has 0 fully saturated rings. The molecular weight excluding hydrogens is 212 g/mol. The van der Waals surface area contributed by atoms with Gasteiger partial charge in [0.05, 0.1) is 0 Å². The van der Waals surface area contributed by atoms with Crippen molar-refractivity contribution < 1.29 is 9.53 Å². The molecule has 0 N–H and O–H groups in total. The van der Waals surface area contributed by atoms with Gasteiger partial charge in [-0.2, -0.15) is 0 Å². The van der Waals surface area contributed by atoms with Crippen LogP contribution in [-0.4, -0.2) is 5.97 Å². The van der Waals surface area contributed by atoms with Crippen molar-refractivity contribution in [3.8, 4) is 5.75 Å². The molecule has 1 aromatic carbocycles. The second-order valence-electron chi connectivity index (χ2n) is 3.25. The van der Waals surface area contributed by atoms with Gasteiger partial charge in [0, 0.05) is 12.0 Å². The summed E-state index contributed by atoms with van der Waals surface area (Å²) in [4.78, 5) is 10.7. The number of benzene rings is 1. The topological polar surface area (TPSA) is 26.3 Å². The summed E-state index contributed by atoms with van der Waals surface area (Å²) in [6.45, 7) is 5.00. The van der Waals surface area contributed by atoms with Crippen LogP contribution in [0.15, 0.2) is 35.9 Å². The van der Waals surface area contributed by atoms with Gasteiger partial charge in [-0.15, -0.1) is 0 Å². The fourth-order valence-electron chi connectivity index (χ4n) is 1.17. The third-order valence-electron chi connectivity index (χ3n) is 1.87. The van der Waals surface area contributed by atoms with E-state index in [4.69, 9.17) is 16.3 Å². The standard InChI is InChI=1S/C12H13ClO2/c1-9(13)3-4-11-5-7-12(8-6-11)15-10(2)14/h5-8H,1,3-4H2,2H3. The van der Waals surface area contributed by atoms with Gasteiger partial charge in [-0.1, -0.05) is 30.3 Å². The summed E-state index contributed by atoms with van der Waals surface area (Å²) in [6.07, 6.45) is 1.61. The Morgan fingerprint density at radius 3 is 2.47 bits per heavy atom. The van der Waals surface area contributed by atoms with E-state index in [1.165, 1.54) is 6.92 Å². The van der Waals surface area contributed by atoms with Crippen molar-refractivity contribution in [3.05, 3.63) is 41.4 Å². The number of ether oxygens (including phenoxy) is 1. The maximum absolute atomic E-state index is 10.7. The summed E-state index contributed by atoms with van der Waals surface area (Å²) in [7, 11) is 0. The van der Waals surface area contributed by atoms with Crippen molar-refractivity contribution in [1.82, 2.24) is 0 Å². The van der Waals surface area contributed by atoms with Gasteiger partial charge >= 0.3 is 5.97 Å². The molecule has 0 aromatic heterocycles. The molecule has 1 rings (SSSR count). The Balaban J connectivity index is 2.56. The van der Waals surface area contributed by atoms with E-state index in [2.05, 4.69) is 6.58 Å². The van der Waals surface area contributed by atoms with Crippen LogP contribution < -0.4 is 4.74 Å². The Labute approximate surface area is 94.5 Å². The molecule has 15 heavy (non-hydrogen) atoms. The van der Waals surface area contributed by atoms with Crippen molar-refractivity contribution in [3.63, 3.8) is 0 Å². The molecule has 0 spiro atoms. The highest BCUT2D eigenvalue weighted by molar-refractivity contribution is 6.29. The fraction of sp³-hybridized carbons (Fsp3) is 0.250. The van der Waals surface area contributed by atoms with E-state index in [0.29, 0.717) is 10.8 Å². The van der Waals surface area contributed by atoms with E-state index in [1.54, 1.807) is 12.1 Å². The second kappa shape index (κ2) is 5.56. The van der Waals surface area contributed by atoms with Gasteiger partial charge in [0.25, 0.3) is 0 Å². The van der Waals surface area contributed by atoms with Crippen LogP contribution in [0.25, 0.3) is 0 Å². The van der Waals surface area contributed by atoms with Crippen molar-refractivity contribution >= 4 is 17.6 Å². The number of aryl methyl sites for hydroxylation is 1. The maximum atomic E-state index is 10.7. The van der Waals surface area contributed by atoms with E-state index in [0.717, 1.165) is 18.4 Å². The molecule has 0 amide bonds. The Bertz CT molecular complexity index is 354. The number of hydrogen-bond donors (Lipinski definition) is 0. The summed E-state index contributed by atoms with van der Waals surface area (Å²) in [5, 5.41) is 0.652. The predicted octanol–water partition coefficient (Wildman–Crippen LogP) is 3.30. The first-order valence-corrected chi connectivity index (χ1v) is 5.06. The Hall–Kier alpha value is -1.28. The van der Waals surface area contributed by atoms with Crippen LogP contribution in [0.1, 0.15) is 18.9 Å². The third kappa shape index (κ3) is 4.66. The zero-order valence-electron chi connectivity index (χ0n) is 8.63. The summed E-state index contributed by atoms with van der Waals surface area (Å²) in [5.74, 6) is 0.257. The molecule has 2 nitrogen and oxygen atoms in total. The molecule has 0 bridgehead atoms. The lowest BCUT2D eigenvalue weighted by Gasteiger charge is -2.03. The highest BCUT2D eigenvalue weighted by Gasteiger charge is 1.98. The average Bonchev–Trinajstić information content (AvgIpc) is 2.16. The first-order chi connectivity index (χ1) is 7.08. The molecule has 0 radical (unpaired) electrons. The summed E-state index contributed by atoms with van der Waals surface area (Å²) in [6, 6.07) is 7.37. The lowest BCUT2D eigenvalue weighted by molar-refractivity contribution is -0.131. The number of carbonyl (C=O) groups is 1. The van der Waals surface area contributed by atoms with Crippen molar-refractivity contribution in [2.75, 3.05) is 0 Å². The Morgan fingerprint density at radius 1 is 1.40 bits per heavy atom. The van der Waals surface area contributed by atoms with Gasteiger partial charge in [-0.05, 0) is 30.5 Å². The zero-order valence-corrected chi connectivity index (χ0v) is 9.38. The van der Waals surface area contributed by atoms with Crippen molar-refractivity contribution in [1.29, 1.82) is 0 Å². The molecule has 80 valence electrons. The molecule has 3 heteroatoms. The van der Waals surface area contributed by atoms with Gasteiger partial charge in [-0.25, -0.2) is 0 Å². The summed E-state index contributed by atoms with van der Waals surface area (Å²) in [5.41, 5.74) is 1.15. The van der Waals surface area contributed by atoms with E-state index in [-0.39, 0.29) is 5.97 Å². The molecule has 0 unspecified atom stereocenters. The molecule has 0 heterocycles. The normalized spacial score (nSPS) is 9.73. The van der Waals surface area contributed by atoms with E-state index >= 15 is 0 Å². The highest BCUT2D eigenvalue weighted by Crippen LogP contribution is 2.15. The minimum Gasteiger partial charge on any atom is -0.427 e. The molecule has 1 aromatic rings. The molecule has 0 aliphatic carbocycles. The van der Waals surface area contributed by atoms with Crippen LogP contribution in [0.4, 0.5) is 0 Å². The van der Waals surface area contributed by atoms with Gasteiger partial charge in [0.2, 0.25) is 0 Å². The zero-order chi connectivity index (χ0) is 11.3. The quantitative estimate of drug-likeness (QED) is 0.580. The highest BCUT2D eigenvalue weighted by atomic mass is 35.5. The van der Waals surface area contributed by atoms with Crippen LogP contribution in [-0.2, 0) is 11.2 Å². The smallest absolute Gasteiger partial charge is 0.308 e. The van der Waals surface area contributed by atoms with Crippen molar-refractivity contribution in [2.45, 2.75) is 19.8 Å². The van der Waals surface area contributed by atoms with E-state index < -0.39 is 0 Å². The van der Waals surface area contributed by atoms with Gasteiger partial charge in [0.1, 0.15) is 5.75 Å². The largest absolute Gasteiger partial charge is 0.427 e. The summed E-state index contributed by atoms with van der Waals surface area (Å²) >= 11 is 5.66. The lowest BCUT2D eigenvalue weighted by Crippen LogP contribution is -2.01. The van der Waals surface area contributed by atoms with Gasteiger partial charge in [0.15, 0.2) is 0 Å². The second-order valence-corrected chi connectivity index (χ2v) is 3.79. The van der Waals surface area contributed by atoms with Crippen LogP contribution in [0.5, 0.6) is 5.75 Å². The van der Waals surface area contributed by atoms with Crippen LogP contribution >= 0.6 is 11.6 Å². The minimum atomic E-state index is -0.308. The first kappa shape index (κ1) is 11.8. The molecule has 0 saturated carbocycles. The molecule has 0 atom stereocenters. The fourth-order valence-corrected chi connectivity index (χ4v) is 1.26. The maximum Gasteiger partial charge on any atom is 0.308 e. The molecule has 0 saturated heterocycles. The average molecular weight is 225 g/mol. The summed E-state index contributed by atoms with van der Waals surface area (Å²) < 4.78 is 4.91. The predicted molar refractivity (Wildman–Crippen MR) is 61.1 cm³/mol. The van der Waals surface area contributed by atoms with Crippen molar-refractivity contribution in [2.24, 2.45) is 0 Å². The SMILES string of the molecule is C=C(Cl)CCc1ccc(OC(C)=O)cc1. The van der Waals surface area contributed by atoms with Gasteiger partial charge in [-0.3, -0.25) is 4.79 Å². The van der Waals surface area contributed by atoms with Crippen LogP contribution in [0.3, 0.4) is 0 Å². The van der Waals surface area contributed by atoms with Crippen LogP contribution in [0, 0.1) is 0 Å². The van der Waals surface area contributed by atoms with Crippen LogP contribution in [0.2, 0.25) is 0 Å². The monoisotopic (exact) mass is 224 g/mol. The first-order valence-electron chi connectivity index (χ1n) is 4.68. The number of esters is 1. The number of carbonyl (C=O) groups excluding carboxylic acids is 1. The van der Waals surface area contributed by atoms with E-state index in [1.807, 2.05) is 12.1 Å². The molecule has 0 aliphatic rings. The number of hydrogen-bond acceptors (Lipinski definition) is 2. The molecule has 0 aliphatic heterocycles. The lowest BCUT2D eigenvalue weighted by atomic mass is 10.1. The van der Waals surface area contributed by atoms with E-state index in [9.17, 15) is 4.79 Å². The minimum absolute atomic E-state index is 0.308. The molecular formula is C12H13ClO2. The number of halogens is 1. The Kier molecular flexibility index (Phi) is 4.37.